The fourth-order valence-corrected chi connectivity index (χ4v) is 3.79. The van der Waals surface area contributed by atoms with Crippen LogP contribution in [0.2, 0.25) is 0 Å². The van der Waals surface area contributed by atoms with Crippen LogP contribution >= 0.6 is 0 Å². The van der Waals surface area contributed by atoms with Gasteiger partial charge in [0.2, 0.25) is 5.60 Å². The summed E-state index contributed by atoms with van der Waals surface area (Å²) in [6.45, 7) is -0.0568. The molecule has 2 amide bonds. The summed E-state index contributed by atoms with van der Waals surface area (Å²) in [5.74, 6) is -0.461. The lowest BCUT2D eigenvalue weighted by Gasteiger charge is -2.30. The monoisotopic (exact) mass is 460 g/mol. The van der Waals surface area contributed by atoms with Crippen molar-refractivity contribution in [1.82, 2.24) is 20.2 Å². The van der Waals surface area contributed by atoms with E-state index in [1.165, 1.54) is 19.4 Å². The first-order chi connectivity index (χ1) is 15.7. The number of carbonyl (C=O) groups is 1. The fourth-order valence-electron chi connectivity index (χ4n) is 3.79. The normalized spacial score (nSPS) is 13.5. The van der Waals surface area contributed by atoms with Gasteiger partial charge in [-0.15, -0.1) is 0 Å². The van der Waals surface area contributed by atoms with Gasteiger partial charge in [-0.1, -0.05) is 60.7 Å². The molecule has 0 saturated heterocycles. The highest BCUT2D eigenvalue weighted by atomic mass is 19.4. The Morgan fingerprint density at radius 3 is 2.03 bits per heavy atom. The van der Waals surface area contributed by atoms with Crippen LogP contribution in [0.3, 0.4) is 0 Å². The molecule has 0 aliphatic carbocycles. The lowest BCUT2D eigenvalue weighted by molar-refractivity contribution is -0.272. The van der Waals surface area contributed by atoms with Crippen molar-refractivity contribution in [2.75, 3.05) is 13.1 Å². The number of aliphatic hydroxyl groups is 1. The Hall–Kier alpha value is -3.33. The number of amides is 2. The molecular formula is C24H27F3N4O2. The molecule has 0 saturated carbocycles. The third-order valence-corrected chi connectivity index (χ3v) is 5.55. The number of hydrogen-bond acceptors (Lipinski definition) is 3. The first kappa shape index (κ1) is 24.3. The highest BCUT2D eigenvalue weighted by Crippen LogP contribution is 2.40. The van der Waals surface area contributed by atoms with E-state index in [0.717, 1.165) is 15.7 Å². The van der Waals surface area contributed by atoms with Gasteiger partial charge in [0.1, 0.15) is 5.82 Å². The zero-order valence-electron chi connectivity index (χ0n) is 18.2. The van der Waals surface area contributed by atoms with Crippen LogP contribution in [-0.2, 0) is 12.6 Å². The molecule has 0 aliphatic heterocycles. The number of aryl methyl sites for hydroxylation is 1. The van der Waals surface area contributed by atoms with Crippen molar-refractivity contribution in [2.24, 2.45) is 7.05 Å². The van der Waals surface area contributed by atoms with Gasteiger partial charge in [0.15, 0.2) is 0 Å². The highest BCUT2D eigenvalue weighted by molar-refractivity contribution is 5.73. The zero-order chi connectivity index (χ0) is 23.9. The molecule has 1 atom stereocenters. The first-order valence-corrected chi connectivity index (χ1v) is 10.6. The van der Waals surface area contributed by atoms with E-state index in [0.29, 0.717) is 13.0 Å². The molecule has 2 aromatic carbocycles. The molecule has 0 spiro atoms. The Kier molecular flexibility index (Phi) is 7.75. The minimum absolute atomic E-state index is 0.0615. The summed E-state index contributed by atoms with van der Waals surface area (Å²) in [7, 11) is 1.37. The van der Waals surface area contributed by atoms with Crippen molar-refractivity contribution in [3.05, 3.63) is 90.0 Å². The number of imidazole rings is 1. The molecule has 0 unspecified atom stereocenters. The molecule has 0 bridgehead atoms. The number of carbonyl (C=O) groups excluding carboxylic acids is 1. The number of hydrogen-bond donors (Lipinski definition) is 3. The number of aromatic nitrogens is 2. The molecule has 1 heterocycles. The summed E-state index contributed by atoms with van der Waals surface area (Å²) in [4.78, 5) is 15.8. The molecule has 0 aliphatic rings. The van der Waals surface area contributed by atoms with Crippen LogP contribution in [0.1, 0.15) is 35.7 Å². The molecule has 0 radical (unpaired) electrons. The number of urea groups is 1. The van der Waals surface area contributed by atoms with E-state index in [1.54, 1.807) is 0 Å². The summed E-state index contributed by atoms with van der Waals surface area (Å²) in [6, 6.07) is 19.2. The van der Waals surface area contributed by atoms with Crippen molar-refractivity contribution in [2.45, 2.75) is 30.5 Å². The largest absolute Gasteiger partial charge is 0.424 e. The van der Waals surface area contributed by atoms with E-state index in [1.807, 2.05) is 60.7 Å². The molecule has 6 nitrogen and oxygen atoms in total. The van der Waals surface area contributed by atoms with Crippen LogP contribution in [0, 0.1) is 0 Å². The Morgan fingerprint density at radius 2 is 1.55 bits per heavy atom. The standard InChI is InChI=1S/C24H27F3N4O2/c1-31-17-16-28-21(31)23(33,24(25,26)27)13-15-30-22(32)29-14-12-20(18-8-4-2-5-9-18)19-10-6-3-7-11-19/h2-11,16-17,20,33H,12-15H2,1H3,(H2,29,30,32)/t23-/m0/s1. The topological polar surface area (TPSA) is 79.2 Å². The van der Waals surface area contributed by atoms with E-state index in [4.69, 9.17) is 0 Å². The van der Waals surface area contributed by atoms with Gasteiger partial charge in [-0.3, -0.25) is 0 Å². The van der Waals surface area contributed by atoms with Crippen LogP contribution in [-0.4, -0.2) is 40.0 Å². The molecule has 3 N–H and O–H groups in total. The molecule has 9 heteroatoms. The second-order valence-electron chi connectivity index (χ2n) is 7.82. The highest BCUT2D eigenvalue weighted by Gasteiger charge is 2.57. The molecule has 176 valence electrons. The molecule has 0 fully saturated rings. The van der Waals surface area contributed by atoms with E-state index in [2.05, 4.69) is 15.6 Å². The summed E-state index contributed by atoms with van der Waals surface area (Å²) in [5, 5.41) is 15.4. The average molecular weight is 461 g/mol. The van der Waals surface area contributed by atoms with Crippen LogP contribution in [0.15, 0.2) is 73.1 Å². The third-order valence-electron chi connectivity index (χ3n) is 5.55. The lowest BCUT2D eigenvalue weighted by Crippen LogP contribution is -2.47. The first-order valence-electron chi connectivity index (χ1n) is 10.6. The van der Waals surface area contributed by atoms with Crippen LogP contribution in [0.5, 0.6) is 0 Å². The van der Waals surface area contributed by atoms with Gasteiger partial charge in [0, 0.05) is 44.9 Å². The average Bonchev–Trinajstić information content (AvgIpc) is 3.23. The summed E-state index contributed by atoms with van der Waals surface area (Å²) >= 11 is 0. The minimum Gasteiger partial charge on any atom is -0.374 e. The van der Waals surface area contributed by atoms with Gasteiger partial charge in [-0.25, -0.2) is 9.78 Å². The number of alkyl halides is 3. The Balaban J connectivity index is 1.55. The Morgan fingerprint density at radius 1 is 1.00 bits per heavy atom. The number of nitrogens with one attached hydrogen (secondary N) is 2. The van der Waals surface area contributed by atoms with Gasteiger partial charge in [0.05, 0.1) is 0 Å². The van der Waals surface area contributed by atoms with E-state index >= 15 is 0 Å². The quantitative estimate of drug-likeness (QED) is 0.450. The maximum Gasteiger partial charge on any atom is 0.424 e. The second-order valence-corrected chi connectivity index (χ2v) is 7.82. The fraction of sp³-hybridized carbons (Fsp3) is 0.333. The molecule has 3 rings (SSSR count). The Labute approximate surface area is 190 Å². The maximum absolute atomic E-state index is 13.6. The van der Waals surface area contributed by atoms with Crippen molar-refractivity contribution >= 4 is 6.03 Å². The van der Waals surface area contributed by atoms with E-state index in [-0.39, 0.29) is 12.5 Å². The molecule has 3 aromatic rings. The van der Waals surface area contributed by atoms with Crippen molar-refractivity contribution in [3.63, 3.8) is 0 Å². The van der Waals surface area contributed by atoms with Gasteiger partial charge in [-0.2, -0.15) is 13.2 Å². The van der Waals surface area contributed by atoms with Crippen LogP contribution in [0.4, 0.5) is 18.0 Å². The third kappa shape index (κ3) is 5.92. The van der Waals surface area contributed by atoms with Crippen LogP contribution in [0.25, 0.3) is 0 Å². The van der Waals surface area contributed by atoms with Crippen molar-refractivity contribution in [3.8, 4) is 0 Å². The predicted molar refractivity (Wildman–Crippen MR) is 119 cm³/mol. The number of benzene rings is 2. The summed E-state index contributed by atoms with van der Waals surface area (Å²) in [5.41, 5.74) is -0.947. The minimum atomic E-state index is -4.94. The van der Waals surface area contributed by atoms with Gasteiger partial charge < -0.3 is 20.3 Å². The summed E-state index contributed by atoms with van der Waals surface area (Å²) in [6.07, 6.45) is -2.58. The number of nitrogens with zero attached hydrogens (tertiary/aromatic N) is 2. The second kappa shape index (κ2) is 10.5. The Bertz CT molecular complexity index is 985. The zero-order valence-corrected chi connectivity index (χ0v) is 18.2. The molecule has 1 aromatic heterocycles. The lowest BCUT2D eigenvalue weighted by atomic mass is 9.88. The smallest absolute Gasteiger partial charge is 0.374 e. The number of halogens is 3. The predicted octanol–water partition coefficient (Wildman–Crippen LogP) is 4.08. The number of rotatable bonds is 9. The van der Waals surface area contributed by atoms with Gasteiger partial charge >= 0.3 is 12.2 Å². The van der Waals surface area contributed by atoms with Gasteiger partial charge in [0.25, 0.3) is 0 Å². The summed E-state index contributed by atoms with van der Waals surface area (Å²) < 4.78 is 41.8. The maximum atomic E-state index is 13.6. The molecular weight excluding hydrogens is 433 g/mol. The van der Waals surface area contributed by atoms with Crippen molar-refractivity contribution in [1.29, 1.82) is 0 Å². The SMILES string of the molecule is Cn1ccnc1[C@@](O)(CCNC(=O)NCCC(c1ccccc1)c1ccccc1)C(F)(F)F. The van der Waals surface area contributed by atoms with E-state index < -0.39 is 30.1 Å². The van der Waals surface area contributed by atoms with E-state index in [9.17, 15) is 23.1 Å². The van der Waals surface area contributed by atoms with Crippen molar-refractivity contribution < 1.29 is 23.1 Å². The van der Waals surface area contributed by atoms with Gasteiger partial charge in [-0.05, 0) is 17.5 Å². The molecule has 33 heavy (non-hydrogen) atoms. The van der Waals surface area contributed by atoms with Crippen LogP contribution < -0.4 is 10.6 Å².